The van der Waals surface area contributed by atoms with Crippen LogP contribution in [0.2, 0.25) is 0 Å². The molecule has 6 nitrogen and oxygen atoms in total. The Morgan fingerprint density at radius 2 is 1.60 bits per heavy atom. The smallest absolute Gasteiger partial charge is 0.264 e. The Labute approximate surface area is 171 Å². The molecule has 30 heavy (non-hydrogen) atoms. The van der Waals surface area contributed by atoms with E-state index in [4.69, 9.17) is 4.98 Å². The van der Waals surface area contributed by atoms with Crippen molar-refractivity contribution in [3.63, 3.8) is 0 Å². The third-order valence-corrected chi connectivity index (χ3v) is 6.41. The molecule has 0 spiro atoms. The number of aliphatic imine (C=N–C) groups is 1. The van der Waals surface area contributed by atoms with Crippen molar-refractivity contribution < 1.29 is 4.79 Å². The molecule has 0 atom stereocenters. The highest BCUT2D eigenvalue weighted by Crippen LogP contribution is 2.37. The second kappa shape index (κ2) is 5.42. The largest absolute Gasteiger partial charge is 0.296 e. The van der Waals surface area contributed by atoms with E-state index < -0.39 is 0 Å². The Kier molecular flexibility index (Phi) is 3.09. The Morgan fingerprint density at radius 3 is 2.37 bits per heavy atom. The van der Waals surface area contributed by atoms with Crippen LogP contribution in [0.25, 0.3) is 38.2 Å². The topological polar surface area (TPSA) is 67.0 Å². The zero-order chi connectivity index (χ0) is 20.9. The van der Waals surface area contributed by atoms with Gasteiger partial charge in [0.25, 0.3) is 11.5 Å². The lowest BCUT2D eigenvalue weighted by atomic mass is 9.90. The Balaban J connectivity index is 1.92. The van der Waals surface area contributed by atoms with Crippen molar-refractivity contribution in [3.8, 4) is 0 Å². The first-order valence-corrected chi connectivity index (χ1v) is 9.82. The van der Waals surface area contributed by atoms with Crippen molar-refractivity contribution in [1.29, 1.82) is 0 Å². The molecule has 1 aliphatic heterocycles. The summed E-state index contributed by atoms with van der Waals surface area (Å²) in [7, 11) is 3.40. The van der Waals surface area contributed by atoms with Crippen LogP contribution in [0.3, 0.4) is 0 Å². The van der Waals surface area contributed by atoms with Crippen LogP contribution in [-0.4, -0.2) is 40.1 Å². The van der Waals surface area contributed by atoms with Crippen LogP contribution in [0.5, 0.6) is 0 Å². The number of carbonyl (C=O) groups excluding carboxylic acids is 1. The fourth-order valence-corrected chi connectivity index (χ4v) is 4.79. The minimum absolute atomic E-state index is 0.117. The number of amides is 1. The highest BCUT2D eigenvalue weighted by Gasteiger charge is 2.30. The number of rotatable bonds is 0. The van der Waals surface area contributed by atoms with E-state index in [0.717, 1.165) is 43.9 Å². The summed E-state index contributed by atoms with van der Waals surface area (Å²) in [6, 6.07) is 11.5. The molecule has 2 aromatic heterocycles. The summed E-state index contributed by atoms with van der Waals surface area (Å²) >= 11 is 0. The van der Waals surface area contributed by atoms with Crippen LogP contribution in [0, 0.1) is 13.8 Å². The summed E-state index contributed by atoms with van der Waals surface area (Å²) in [4.78, 5) is 37.3. The van der Waals surface area contributed by atoms with Gasteiger partial charge >= 0.3 is 0 Å². The van der Waals surface area contributed by atoms with Gasteiger partial charge in [-0.25, -0.2) is 4.98 Å². The van der Waals surface area contributed by atoms with Gasteiger partial charge in [-0.3, -0.25) is 23.9 Å². The SMILES string of the molecule is C/N=C1/c2ccc3c4c2c(ccc4c(=O)n2c4cc(C)c(C)cc4nc32)C(=O)N1C. The van der Waals surface area contributed by atoms with E-state index in [1.54, 1.807) is 35.5 Å². The number of hydrogen-bond acceptors (Lipinski definition) is 4. The molecule has 3 heterocycles. The van der Waals surface area contributed by atoms with E-state index in [-0.39, 0.29) is 11.5 Å². The molecule has 5 aromatic rings. The number of carbonyl (C=O) groups is 1. The van der Waals surface area contributed by atoms with Crippen LogP contribution in [0.1, 0.15) is 27.0 Å². The number of aryl methyl sites for hydroxylation is 2. The fraction of sp³-hybridized carbons (Fsp3) is 0.167. The maximum Gasteiger partial charge on any atom is 0.264 e. The summed E-state index contributed by atoms with van der Waals surface area (Å²) in [5.41, 5.74) is 5.81. The van der Waals surface area contributed by atoms with Crippen LogP contribution < -0.4 is 5.56 Å². The third kappa shape index (κ3) is 1.84. The number of nitrogens with zero attached hydrogens (tertiary/aromatic N) is 4. The predicted octanol–water partition coefficient (Wildman–Crippen LogP) is 3.67. The molecular weight excluding hydrogens is 376 g/mol. The lowest BCUT2D eigenvalue weighted by Crippen LogP contribution is -2.37. The average molecular weight is 394 g/mol. The van der Waals surface area contributed by atoms with E-state index in [1.807, 2.05) is 38.1 Å². The molecule has 0 saturated heterocycles. The molecule has 0 radical (unpaired) electrons. The number of imidazole rings is 1. The number of aromatic nitrogens is 2. The summed E-state index contributed by atoms with van der Waals surface area (Å²) in [6.07, 6.45) is 0. The summed E-state index contributed by atoms with van der Waals surface area (Å²) < 4.78 is 1.70. The van der Waals surface area contributed by atoms with Gasteiger partial charge in [0.2, 0.25) is 0 Å². The van der Waals surface area contributed by atoms with Crippen molar-refractivity contribution in [1.82, 2.24) is 14.3 Å². The third-order valence-electron chi connectivity index (χ3n) is 6.41. The monoisotopic (exact) mass is 394 g/mol. The molecule has 3 aromatic carbocycles. The normalized spacial score (nSPS) is 15.5. The fourth-order valence-electron chi connectivity index (χ4n) is 4.79. The Hall–Kier alpha value is -3.80. The summed E-state index contributed by atoms with van der Waals surface area (Å²) in [5.74, 6) is 0.485. The molecule has 0 unspecified atom stereocenters. The zero-order valence-corrected chi connectivity index (χ0v) is 17.1. The molecule has 6 heteroatoms. The molecule has 0 aliphatic carbocycles. The Morgan fingerprint density at radius 1 is 0.900 bits per heavy atom. The lowest BCUT2D eigenvalue weighted by molar-refractivity contribution is 0.0870. The summed E-state index contributed by atoms with van der Waals surface area (Å²) in [6.45, 7) is 4.08. The highest BCUT2D eigenvalue weighted by atomic mass is 16.2. The quantitative estimate of drug-likeness (QED) is 0.402. The van der Waals surface area contributed by atoms with Crippen molar-refractivity contribution in [2.45, 2.75) is 13.8 Å². The van der Waals surface area contributed by atoms with E-state index >= 15 is 0 Å². The number of benzene rings is 3. The van der Waals surface area contributed by atoms with Crippen LogP contribution >= 0.6 is 0 Å². The molecule has 0 saturated carbocycles. The molecule has 6 rings (SSSR count). The van der Waals surface area contributed by atoms with Gasteiger partial charge in [0, 0.05) is 46.8 Å². The molecule has 0 fully saturated rings. The second-order valence-corrected chi connectivity index (χ2v) is 7.98. The van der Waals surface area contributed by atoms with Crippen molar-refractivity contribution >= 4 is 50.0 Å². The van der Waals surface area contributed by atoms with E-state index in [2.05, 4.69) is 4.99 Å². The number of amidine groups is 1. The van der Waals surface area contributed by atoms with Gasteiger partial charge in [-0.15, -0.1) is 0 Å². The molecule has 1 aliphatic rings. The molecule has 0 N–H and O–H groups in total. The van der Waals surface area contributed by atoms with Gasteiger partial charge in [0.15, 0.2) is 0 Å². The van der Waals surface area contributed by atoms with Crippen LogP contribution in [0.15, 0.2) is 46.2 Å². The van der Waals surface area contributed by atoms with E-state index in [9.17, 15) is 9.59 Å². The van der Waals surface area contributed by atoms with E-state index in [0.29, 0.717) is 22.4 Å². The first-order valence-electron chi connectivity index (χ1n) is 9.82. The van der Waals surface area contributed by atoms with Gasteiger partial charge in [0.1, 0.15) is 11.5 Å². The standard InChI is InChI=1S/C24H18N4O2/c1-11-9-17-18(10-12(11)2)28-22(26-17)14-6-5-13-19-15(23(29)27(4)21(13)25-3)7-8-16(20(14)19)24(28)30/h5-10H,1-4H3/b25-21-. The minimum Gasteiger partial charge on any atom is -0.296 e. The van der Waals surface area contributed by atoms with Gasteiger partial charge in [0.05, 0.1) is 11.0 Å². The lowest BCUT2D eigenvalue weighted by Gasteiger charge is -2.27. The number of fused-ring (bicyclic) bond motifs is 4. The first-order chi connectivity index (χ1) is 14.4. The van der Waals surface area contributed by atoms with Crippen molar-refractivity contribution in [2.75, 3.05) is 14.1 Å². The zero-order valence-electron chi connectivity index (χ0n) is 17.1. The van der Waals surface area contributed by atoms with Crippen molar-refractivity contribution in [3.05, 3.63) is 69.0 Å². The van der Waals surface area contributed by atoms with Crippen LogP contribution in [-0.2, 0) is 0 Å². The average Bonchev–Trinajstić information content (AvgIpc) is 3.10. The minimum atomic E-state index is -0.121. The molecule has 1 amide bonds. The van der Waals surface area contributed by atoms with Gasteiger partial charge in [-0.1, -0.05) is 0 Å². The van der Waals surface area contributed by atoms with Gasteiger partial charge < -0.3 is 0 Å². The highest BCUT2D eigenvalue weighted by molar-refractivity contribution is 6.32. The van der Waals surface area contributed by atoms with E-state index in [1.165, 1.54) is 0 Å². The Bertz CT molecular complexity index is 1680. The number of pyridine rings is 1. The second-order valence-electron chi connectivity index (χ2n) is 7.98. The maximum atomic E-state index is 13.6. The van der Waals surface area contributed by atoms with Gasteiger partial charge in [-0.2, -0.15) is 0 Å². The molecule has 146 valence electrons. The first kappa shape index (κ1) is 17.1. The number of hydrogen-bond donors (Lipinski definition) is 0. The van der Waals surface area contributed by atoms with Crippen molar-refractivity contribution in [2.24, 2.45) is 4.99 Å². The molecular formula is C24H18N4O2. The maximum absolute atomic E-state index is 13.6. The molecule has 0 bridgehead atoms. The summed E-state index contributed by atoms with van der Waals surface area (Å²) in [5, 5.41) is 3.02. The predicted molar refractivity (Wildman–Crippen MR) is 119 cm³/mol. The van der Waals surface area contributed by atoms with Gasteiger partial charge in [-0.05, 0) is 61.4 Å². The van der Waals surface area contributed by atoms with Crippen LogP contribution in [0.4, 0.5) is 0 Å².